The Morgan fingerprint density at radius 3 is 2.35 bits per heavy atom. The second kappa shape index (κ2) is 4.30. The molecule has 1 unspecified atom stereocenters. The third-order valence-corrected chi connectivity index (χ3v) is 5.25. The van der Waals surface area contributed by atoms with Crippen LogP contribution in [0.5, 0.6) is 0 Å². The van der Waals surface area contributed by atoms with Crippen molar-refractivity contribution in [1.82, 2.24) is 10.2 Å². The summed E-state index contributed by atoms with van der Waals surface area (Å²) >= 11 is 0. The first-order chi connectivity index (χ1) is 9.36. The predicted octanol–water partition coefficient (Wildman–Crippen LogP) is 2.20. The first-order valence-corrected chi connectivity index (χ1v) is 7.55. The van der Waals surface area contributed by atoms with Crippen LogP contribution in [0.2, 0.25) is 0 Å². The number of carbonyl (C=O) groups excluding carboxylic acids is 3. The molecule has 3 aliphatic rings. The van der Waals surface area contributed by atoms with E-state index in [4.69, 9.17) is 0 Å². The van der Waals surface area contributed by atoms with E-state index in [0.717, 1.165) is 32.1 Å². The van der Waals surface area contributed by atoms with E-state index in [1.54, 1.807) is 0 Å². The molecule has 1 saturated heterocycles. The minimum absolute atomic E-state index is 0.0585. The maximum atomic E-state index is 12.7. The first-order valence-electron chi connectivity index (χ1n) is 7.55. The molecule has 1 spiro atoms. The summed E-state index contributed by atoms with van der Waals surface area (Å²) in [7, 11) is 0. The summed E-state index contributed by atoms with van der Waals surface area (Å²) in [6, 6.07) is -0.572. The maximum Gasteiger partial charge on any atom is 0.331 e. The van der Waals surface area contributed by atoms with Crippen LogP contribution in [0.4, 0.5) is 4.79 Å². The van der Waals surface area contributed by atoms with Gasteiger partial charge in [0, 0.05) is 6.04 Å². The zero-order valence-electron chi connectivity index (χ0n) is 12.2. The van der Waals surface area contributed by atoms with Crippen LogP contribution in [0.25, 0.3) is 0 Å². The monoisotopic (exact) mass is 278 g/mol. The Labute approximate surface area is 119 Å². The van der Waals surface area contributed by atoms with Crippen molar-refractivity contribution >= 4 is 17.8 Å². The smallest absolute Gasteiger partial charge is 0.277 e. The lowest BCUT2D eigenvalue weighted by molar-refractivity contribution is -0.160. The summed E-state index contributed by atoms with van der Waals surface area (Å²) in [6.45, 7) is 4.35. The largest absolute Gasteiger partial charge is 0.331 e. The van der Waals surface area contributed by atoms with E-state index < -0.39 is 11.4 Å². The standard InChI is InChI=1S/C15H22N2O3/c1-14(2)6-3-5-10(9-14)17-12(19)15(7-4-8-15)11(18)16-13(17)20/h10H,3-9H2,1-2H3,(H,16,18,20). The summed E-state index contributed by atoms with van der Waals surface area (Å²) in [5.74, 6) is -0.634. The van der Waals surface area contributed by atoms with Crippen LogP contribution >= 0.6 is 0 Å². The number of carbonyl (C=O) groups is 3. The highest BCUT2D eigenvalue weighted by Gasteiger charge is 2.58. The van der Waals surface area contributed by atoms with Gasteiger partial charge in [-0.25, -0.2) is 4.79 Å². The Kier molecular flexibility index (Phi) is 2.92. The van der Waals surface area contributed by atoms with Gasteiger partial charge in [-0.3, -0.25) is 19.8 Å². The number of urea groups is 1. The van der Waals surface area contributed by atoms with Gasteiger partial charge in [-0.15, -0.1) is 0 Å². The molecule has 3 rings (SSSR count). The predicted molar refractivity (Wildman–Crippen MR) is 72.7 cm³/mol. The highest BCUT2D eigenvalue weighted by atomic mass is 16.2. The van der Waals surface area contributed by atoms with Gasteiger partial charge in [-0.05, 0) is 37.5 Å². The minimum atomic E-state index is -0.935. The molecule has 3 fully saturated rings. The van der Waals surface area contributed by atoms with Gasteiger partial charge in [0.2, 0.25) is 11.8 Å². The lowest BCUT2D eigenvalue weighted by Gasteiger charge is -2.48. The Morgan fingerprint density at radius 1 is 1.10 bits per heavy atom. The Balaban J connectivity index is 1.86. The molecule has 1 atom stereocenters. The van der Waals surface area contributed by atoms with E-state index in [1.165, 1.54) is 4.90 Å². The van der Waals surface area contributed by atoms with Crippen LogP contribution in [-0.4, -0.2) is 28.8 Å². The first kappa shape index (κ1) is 13.6. The molecule has 110 valence electrons. The molecule has 0 aromatic carbocycles. The molecule has 5 nitrogen and oxygen atoms in total. The molecule has 1 heterocycles. The minimum Gasteiger partial charge on any atom is -0.277 e. The molecule has 0 radical (unpaired) electrons. The zero-order valence-corrected chi connectivity index (χ0v) is 12.2. The number of amides is 4. The van der Waals surface area contributed by atoms with Crippen molar-refractivity contribution in [2.75, 3.05) is 0 Å². The average Bonchev–Trinajstić information content (AvgIpc) is 2.24. The van der Waals surface area contributed by atoms with Crippen LogP contribution < -0.4 is 5.32 Å². The lowest BCUT2D eigenvalue weighted by Crippen LogP contribution is -2.68. The average molecular weight is 278 g/mol. The second-order valence-corrected chi connectivity index (χ2v) is 7.28. The van der Waals surface area contributed by atoms with Crippen molar-refractivity contribution in [3.8, 4) is 0 Å². The van der Waals surface area contributed by atoms with Gasteiger partial charge in [0.05, 0.1) is 0 Å². The highest BCUT2D eigenvalue weighted by Crippen LogP contribution is 2.46. The molecule has 1 aliphatic heterocycles. The molecular formula is C15H22N2O3. The summed E-state index contributed by atoms with van der Waals surface area (Å²) in [4.78, 5) is 38.2. The number of nitrogens with zero attached hydrogens (tertiary/aromatic N) is 1. The normalized spacial score (nSPS) is 32.0. The molecule has 0 aromatic rings. The summed E-state index contributed by atoms with van der Waals surface area (Å²) in [5.41, 5.74) is -0.785. The molecule has 20 heavy (non-hydrogen) atoms. The van der Waals surface area contributed by atoms with Crippen molar-refractivity contribution in [2.45, 2.75) is 64.8 Å². The van der Waals surface area contributed by atoms with E-state index in [-0.39, 0.29) is 23.3 Å². The quantitative estimate of drug-likeness (QED) is 0.748. The van der Waals surface area contributed by atoms with Crippen molar-refractivity contribution in [3.63, 3.8) is 0 Å². The summed E-state index contributed by atoms with van der Waals surface area (Å²) < 4.78 is 0. The number of imide groups is 2. The molecule has 5 heteroatoms. The van der Waals surface area contributed by atoms with E-state index in [2.05, 4.69) is 19.2 Å². The molecule has 1 N–H and O–H groups in total. The summed E-state index contributed by atoms with van der Waals surface area (Å²) in [6.07, 6.45) is 5.88. The van der Waals surface area contributed by atoms with E-state index in [1.807, 2.05) is 0 Å². The van der Waals surface area contributed by atoms with Gasteiger partial charge in [-0.1, -0.05) is 26.7 Å². The molecule has 0 aromatic heterocycles. The van der Waals surface area contributed by atoms with Crippen molar-refractivity contribution in [1.29, 1.82) is 0 Å². The van der Waals surface area contributed by atoms with Crippen molar-refractivity contribution < 1.29 is 14.4 Å². The molecule has 2 aliphatic carbocycles. The van der Waals surface area contributed by atoms with Crippen LogP contribution in [-0.2, 0) is 9.59 Å². The van der Waals surface area contributed by atoms with Crippen LogP contribution in [0.3, 0.4) is 0 Å². The molecule has 2 saturated carbocycles. The topological polar surface area (TPSA) is 66.5 Å². The SMILES string of the molecule is CC1(C)CCCC(N2C(=O)NC(=O)C3(CCC3)C2=O)C1. The van der Waals surface area contributed by atoms with Crippen LogP contribution in [0.15, 0.2) is 0 Å². The highest BCUT2D eigenvalue weighted by molar-refractivity contribution is 6.19. The lowest BCUT2D eigenvalue weighted by atomic mass is 9.65. The number of hydrogen-bond donors (Lipinski definition) is 1. The number of hydrogen-bond acceptors (Lipinski definition) is 3. The maximum absolute atomic E-state index is 12.7. The Hall–Kier alpha value is -1.39. The van der Waals surface area contributed by atoms with Gasteiger partial charge < -0.3 is 0 Å². The number of rotatable bonds is 1. The third-order valence-electron chi connectivity index (χ3n) is 5.25. The van der Waals surface area contributed by atoms with E-state index >= 15 is 0 Å². The zero-order chi connectivity index (χ0) is 14.5. The van der Waals surface area contributed by atoms with Gasteiger partial charge >= 0.3 is 6.03 Å². The Morgan fingerprint density at radius 2 is 1.80 bits per heavy atom. The van der Waals surface area contributed by atoms with Gasteiger partial charge in [0.25, 0.3) is 0 Å². The van der Waals surface area contributed by atoms with Crippen molar-refractivity contribution in [2.24, 2.45) is 10.8 Å². The molecular weight excluding hydrogens is 256 g/mol. The summed E-state index contributed by atoms with van der Waals surface area (Å²) in [5, 5.41) is 2.40. The number of barbiturate groups is 1. The number of nitrogens with one attached hydrogen (secondary N) is 1. The fourth-order valence-corrected chi connectivity index (χ4v) is 3.88. The van der Waals surface area contributed by atoms with Crippen LogP contribution in [0.1, 0.15) is 58.8 Å². The fourth-order valence-electron chi connectivity index (χ4n) is 3.88. The second-order valence-electron chi connectivity index (χ2n) is 7.28. The van der Waals surface area contributed by atoms with Crippen LogP contribution in [0, 0.1) is 10.8 Å². The van der Waals surface area contributed by atoms with Gasteiger partial charge in [-0.2, -0.15) is 0 Å². The molecule has 0 bridgehead atoms. The van der Waals surface area contributed by atoms with E-state index in [0.29, 0.717) is 12.8 Å². The Bertz CT molecular complexity index is 480. The van der Waals surface area contributed by atoms with Crippen molar-refractivity contribution in [3.05, 3.63) is 0 Å². The van der Waals surface area contributed by atoms with Gasteiger partial charge in [0.1, 0.15) is 5.41 Å². The third kappa shape index (κ3) is 1.86. The van der Waals surface area contributed by atoms with E-state index in [9.17, 15) is 14.4 Å². The molecule has 4 amide bonds. The fraction of sp³-hybridized carbons (Fsp3) is 0.800. The van der Waals surface area contributed by atoms with Gasteiger partial charge in [0.15, 0.2) is 0 Å².